The predicted molar refractivity (Wildman–Crippen MR) is 112 cm³/mol. The van der Waals surface area contributed by atoms with Crippen molar-refractivity contribution in [2.45, 2.75) is 31.9 Å². The normalized spacial score (nSPS) is 18.6. The summed E-state index contributed by atoms with van der Waals surface area (Å²) in [6.07, 6.45) is 5.47. The molecule has 0 unspecified atom stereocenters. The number of halogens is 1. The highest BCUT2D eigenvalue weighted by Crippen LogP contribution is 2.30. The Balaban J connectivity index is 1.56. The topological polar surface area (TPSA) is 110 Å². The summed E-state index contributed by atoms with van der Waals surface area (Å²) < 4.78 is 5.91. The summed E-state index contributed by atoms with van der Waals surface area (Å²) in [5.41, 5.74) is 0.992. The van der Waals surface area contributed by atoms with Gasteiger partial charge in [-0.15, -0.1) is 0 Å². The molecule has 10 heteroatoms. The molecule has 0 radical (unpaired) electrons. The third-order valence-electron chi connectivity index (χ3n) is 5.23. The van der Waals surface area contributed by atoms with Crippen molar-refractivity contribution in [1.82, 2.24) is 24.9 Å². The molecule has 1 amide bonds. The number of carbonyl (C=O) groups is 2. The van der Waals surface area contributed by atoms with Crippen molar-refractivity contribution in [2.24, 2.45) is 0 Å². The number of benzene rings is 1. The van der Waals surface area contributed by atoms with Crippen LogP contribution >= 0.6 is 11.6 Å². The molecule has 160 valence electrons. The Hall–Kier alpha value is -3.46. The lowest BCUT2D eigenvalue weighted by Crippen LogP contribution is -2.49. The van der Waals surface area contributed by atoms with Gasteiger partial charge >= 0.3 is 5.97 Å². The van der Waals surface area contributed by atoms with Crippen LogP contribution in [0.3, 0.4) is 0 Å². The smallest absolute Gasteiger partial charge is 0.337 e. The molecule has 31 heavy (non-hydrogen) atoms. The van der Waals surface area contributed by atoms with E-state index in [0.29, 0.717) is 24.2 Å². The van der Waals surface area contributed by atoms with Gasteiger partial charge in [-0.3, -0.25) is 4.79 Å². The molecule has 4 rings (SSSR count). The van der Waals surface area contributed by atoms with Gasteiger partial charge in [0.1, 0.15) is 11.1 Å². The third-order valence-corrected chi connectivity index (χ3v) is 5.60. The van der Waals surface area contributed by atoms with E-state index in [2.05, 4.69) is 15.2 Å². The van der Waals surface area contributed by atoms with Gasteiger partial charge < -0.3 is 14.7 Å². The van der Waals surface area contributed by atoms with Crippen LogP contribution in [-0.2, 0) is 0 Å². The number of carbonyl (C=O) groups excluding carboxylic acids is 1. The van der Waals surface area contributed by atoms with E-state index in [1.807, 2.05) is 13.0 Å². The second kappa shape index (κ2) is 8.73. The molecule has 1 aromatic carbocycles. The number of carboxylic acids is 1. The third kappa shape index (κ3) is 4.22. The number of hydrogen-bond acceptors (Lipinski definition) is 6. The van der Waals surface area contributed by atoms with E-state index in [1.165, 1.54) is 17.1 Å². The number of piperidine rings is 1. The molecule has 1 aliphatic heterocycles. The van der Waals surface area contributed by atoms with Crippen LogP contribution in [-0.4, -0.2) is 60.6 Å². The number of para-hydroxylation sites is 1. The summed E-state index contributed by atoms with van der Waals surface area (Å²) >= 11 is 6.16. The second-order valence-corrected chi connectivity index (χ2v) is 7.62. The number of carboxylic acid groups (broad SMARTS) is 1. The molecule has 2 atom stereocenters. The van der Waals surface area contributed by atoms with Gasteiger partial charge in [-0.2, -0.15) is 15.0 Å². The zero-order valence-corrected chi connectivity index (χ0v) is 17.4. The first-order valence-electron chi connectivity index (χ1n) is 9.77. The molecule has 3 aromatic rings. The Morgan fingerprint density at radius 3 is 2.58 bits per heavy atom. The van der Waals surface area contributed by atoms with Crippen molar-refractivity contribution >= 4 is 23.5 Å². The molecule has 1 saturated heterocycles. The first-order valence-corrected chi connectivity index (χ1v) is 10.1. The van der Waals surface area contributed by atoms with Crippen molar-refractivity contribution in [2.75, 3.05) is 6.54 Å². The van der Waals surface area contributed by atoms with Gasteiger partial charge in [-0.25, -0.2) is 9.78 Å². The summed E-state index contributed by atoms with van der Waals surface area (Å²) in [5.74, 6) is -1.27. The minimum absolute atomic E-state index is 0.000211. The van der Waals surface area contributed by atoms with Crippen LogP contribution in [0.5, 0.6) is 5.88 Å². The van der Waals surface area contributed by atoms with Crippen LogP contribution in [0.2, 0.25) is 5.02 Å². The Labute approximate surface area is 183 Å². The number of ether oxygens (including phenoxy) is 1. The molecule has 0 spiro atoms. The number of aromatic nitrogens is 4. The molecule has 1 fully saturated rings. The first-order chi connectivity index (χ1) is 15.0. The summed E-state index contributed by atoms with van der Waals surface area (Å²) in [7, 11) is 0. The minimum Gasteiger partial charge on any atom is -0.478 e. The lowest BCUT2D eigenvalue weighted by atomic mass is 9.99. The predicted octanol–water partition coefficient (Wildman–Crippen LogP) is 3.09. The first kappa shape index (κ1) is 20.8. The van der Waals surface area contributed by atoms with Gasteiger partial charge in [0.25, 0.3) is 5.91 Å². The molecule has 0 aliphatic carbocycles. The van der Waals surface area contributed by atoms with E-state index in [1.54, 1.807) is 35.5 Å². The van der Waals surface area contributed by atoms with Crippen LogP contribution < -0.4 is 4.74 Å². The van der Waals surface area contributed by atoms with Crippen LogP contribution in [0.15, 0.2) is 48.9 Å². The van der Waals surface area contributed by atoms with Gasteiger partial charge in [-0.05, 0) is 38.0 Å². The molecular weight excluding hydrogens is 422 g/mol. The Bertz CT molecular complexity index is 1100. The van der Waals surface area contributed by atoms with Crippen molar-refractivity contribution in [1.29, 1.82) is 0 Å². The van der Waals surface area contributed by atoms with Gasteiger partial charge in [0.05, 0.1) is 35.8 Å². The zero-order chi connectivity index (χ0) is 22.0. The van der Waals surface area contributed by atoms with Gasteiger partial charge in [0, 0.05) is 12.2 Å². The Kier molecular flexibility index (Phi) is 5.85. The van der Waals surface area contributed by atoms with E-state index in [4.69, 9.17) is 16.3 Å². The SMILES string of the molecule is C[C@@H]1CC[C@@H](Oc2nccc(C(=O)O)c2Cl)CN1C(=O)c1ccccc1-n1nccn1. The average molecular weight is 442 g/mol. The maximum Gasteiger partial charge on any atom is 0.337 e. The van der Waals surface area contributed by atoms with E-state index < -0.39 is 5.97 Å². The molecule has 1 aliphatic rings. The highest BCUT2D eigenvalue weighted by molar-refractivity contribution is 6.34. The number of amides is 1. The van der Waals surface area contributed by atoms with Crippen LogP contribution in [0.1, 0.15) is 40.5 Å². The van der Waals surface area contributed by atoms with E-state index in [0.717, 1.165) is 6.42 Å². The van der Waals surface area contributed by atoms with Gasteiger partial charge in [0.2, 0.25) is 5.88 Å². The van der Waals surface area contributed by atoms with Crippen molar-refractivity contribution < 1.29 is 19.4 Å². The fraction of sp³-hybridized carbons (Fsp3) is 0.286. The lowest BCUT2D eigenvalue weighted by molar-refractivity contribution is 0.0372. The van der Waals surface area contributed by atoms with Crippen LogP contribution in [0, 0.1) is 0 Å². The maximum atomic E-state index is 13.4. The fourth-order valence-corrected chi connectivity index (χ4v) is 3.84. The van der Waals surface area contributed by atoms with Crippen molar-refractivity contribution in [3.8, 4) is 11.6 Å². The molecule has 0 bridgehead atoms. The van der Waals surface area contributed by atoms with Gasteiger partial charge in [-0.1, -0.05) is 23.7 Å². The van der Waals surface area contributed by atoms with Crippen LogP contribution in [0.4, 0.5) is 0 Å². The van der Waals surface area contributed by atoms with E-state index in [-0.39, 0.29) is 34.5 Å². The Morgan fingerprint density at radius 2 is 1.84 bits per heavy atom. The lowest BCUT2D eigenvalue weighted by Gasteiger charge is -2.38. The van der Waals surface area contributed by atoms with E-state index >= 15 is 0 Å². The molecule has 9 nitrogen and oxygen atoms in total. The monoisotopic (exact) mass is 441 g/mol. The molecule has 0 saturated carbocycles. The fourth-order valence-electron chi connectivity index (χ4n) is 3.61. The Morgan fingerprint density at radius 1 is 1.10 bits per heavy atom. The second-order valence-electron chi connectivity index (χ2n) is 7.24. The summed E-state index contributed by atoms with van der Waals surface area (Å²) in [4.78, 5) is 31.9. The number of pyridine rings is 1. The molecule has 2 aromatic heterocycles. The van der Waals surface area contributed by atoms with Crippen LogP contribution in [0.25, 0.3) is 5.69 Å². The average Bonchev–Trinajstić information content (AvgIpc) is 3.30. The number of hydrogen-bond donors (Lipinski definition) is 1. The zero-order valence-electron chi connectivity index (χ0n) is 16.7. The van der Waals surface area contributed by atoms with Crippen molar-refractivity contribution in [3.63, 3.8) is 0 Å². The van der Waals surface area contributed by atoms with E-state index in [9.17, 15) is 14.7 Å². The summed E-state index contributed by atoms with van der Waals surface area (Å²) in [6, 6.07) is 8.47. The highest BCUT2D eigenvalue weighted by atomic mass is 35.5. The standard InChI is InChI=1S/C21H20ClN5O4/c1-13-6-7-14(31-19-18(22)16(21(29)30)8-9-23-19)12-26(13)20(28)15-4-2-3-5-17(15)27-24-10-11-25-27/h2-5,8-11,13-14H,6-7,12H2,1H3,(H,29,30)/t13-,14-/m1/s1. The molecule has 1 N–H and O–H groups in total. The maximum absolute atomic E-state index is 13.4. The molecular formula is C21H20ClN5O4. The number of nitrogens with zero attached hydrogens (tertiary/aromatic N) is 5. The van der Waals surface area contributed by atoms with Gasteiger partial charge in [0.15, 0.2) is 0 Å². The number of rotatable bonds is 5. The largest absolute Gasteiger partial charge is 0.478 e. The minimum atomic E-state index is -1.16. The summed E-state index contributed by atoms with van der Waals surface area (Å²) in [5, 5.41) is 17.5. The number of aromatic carboxylic acids is 1. The summed E-state index contributed by atoms with van der Waals surface area (Å²) in [6.45, 7) is 2.30. The quantitative estimate of drug-likeness (QED) is 0.647. The van der Waals surface area contributed by atoms with Crippen molar-refractivity contribution in [3.05, 3.63) is 65.1 Å². The highest BCUT2D eigenvalue weighted by Gasteiger charge is 2.32. The molecule has 3 heterocycles. The number of likely N-dealkylation sites (tertiary alicyclic amines) is 1.